The second kappa shape index (κ2) is 6.91. The molecular weight excluding hydrogens is 329 g/mol. The lowest BCUT2D eigenvalue weighted by molar-refractivity contribution is -0.122. The van der Waals surface area contributed by atoms with Gasteiger partial charge >= 0.3 is 13.1 Å². The highest BCUT2D eigenvalue weighted by atomic mass is 16.5. The molecule has 0 radical (unpaired) electrons. The van der Waals surface area contributed by atoms with E-state index < -0.39 is 24.9 Å². The van der Waals surface area contributed by atoms with Gasteiger partial charge in [0.15, 0.2) is 0 Å². The summed E-state index contributed by atoms with van der Waals surface area (Å²) < 4.78 is 6.69. The van der Waals surface area contributed by atoms with Gasteiger partial charge in [0.25, 0.3) is 0 Å². The van der Waals surface area contributed by atoms with Gasteiger partial charge in [0.2, 0.25) is 5.91 Å². The third-order valence-electron chi connectivity index (χ3n) is 3.90. The van der Waals surface area contributed by atoms with Crippen LogP contribution in [0.3, 0.4) is 0 Å². The van der Waals surface area contributed by atoms with Crippen molar-refractivity contribution < 1.29 is 24.4 Å². The van der Waals surface area contributed by atoms with Gasteiger partial charge < -0.3 is 25.8 Å². The smallest absolute Gasteiger partial charge is 0.534 e. The Hall–Kier alpha value is -2.92. The summed E-state index contributed by atoms with van der Waals surface area (Å²) in [4.78, 5) is 23.4. The minimum Gasteiger partial charge on any atom is -0.534 e. The number of nitrogens with two attached hydrogens (primary N) is 1. The Morgan fingerprint density at radius 2 is 2.28 bits per heavy atom. The highest BCUT2D eigenvalue weighted by molar-refractivity contribution is 6.47. The summed E-state index contributed by atoms with van der Waals surface area (Å²) in [6, 6.07) is 4.67. The largest absolute Gasteiger partial charge is 0.547 e. The van der Waals surface area contributed by atoms with Crippen LogP contribution >= 0.6 is 0 Å². The van der Waals surface area contributed by atoms with Crippen LogP contribution in [0.1, 0.15) is 21.6 Å². The lowest BCUT2D eigenvalue weighted by Gasteiger charge is -2.28. The van der Waals surface area contributed by atoms with Gasteiger partial charge in [-0.15, -0.1) is 5.10 Å². The molecule has 0 saturated carbocycles. The number of benzene rings is 1. The van der Waals surface area contributed by atoms with Gasteiger partial charge in [0.1, 0.15) is 12.3 Å². The fourth-order valence-electron chi connectivity index (χ4n) is 2.67. The normalized spacial score (nSPS) is 16.1. The first-order valence-electron chi connectivity index (χ1n) is 7.56. The lowest BCUT2D eigenvalue weighted by Crippen LogP contribution is -2.53. The average molecular weight is 345 g/mol. The van der Waals surface area contributed by atoms with Crippen molar-refractivity contribution in [1.29, 1.82) is 0 Å². The van der Waals surface area contributed by atoms with Crippen molar-refractivity contribution in [3.63, 3.8) is 0 Å². The number of nitrogens with one attached hydrogen (secondary N) is 1. The predicted octanol–water partition coefficient (Wildman–Crippen LogP) is -1.43. The number of para-hydroxylation sites is 1. The molecule has 0 bridgehead atoms. The summed E-state index contributed by atoms with van der Waals surface area (Å²) in [5.41, 5.74) is 6.70. The molecule has 10 nitrogen and oxygen atoms in total. The molecule has 1 aliphatic heterocycles. The Morgan fingerprint density at radius 3 is 3.00 bits per heavy atom. The minimum atomic E-state index is -1.36. The van der Waals surface area contributed by atoms with Crippen molar-refractivity contribution in [2.24, 2.45) is 5.73 Å². The molecule has 1 aromatic carbocycles. The van der Waals surface area contributed by atoms with E-state index in [1.165, 1.54) is 16.9 Å². The van der Waals surface area contributed by atoms with Gasteiger partial charge in [-0.25, -0.2) is 9.48 Å². The van der Waals surface area contributed by atoms with Crippen molar-refractivity contribution in [3.05, 3.63) is 41.2 Å². The maximum atomic E-state index is 12.2. The second-order valence-corrected chi connectivity index (χ2v) is 5.57. The minimum absolute atomic E-state index is 0.0310. The zero-order valence-corrected chi connectivity index (χ0v) is 13.1. The Kier molecular flexibility index (Phi) is 4.68. The van der Waals surface area contributed by atoms with Gasteiger partial charge in [0, 0.05) is 6.54 Å². The molecular formula is C14H16BN5O5. The highest BCUT2D eigenvalue weighted by Gasteiger charge is 2.37. The highest BCUT2D eigenvalue weighted by Crippen LogP contribution is 2.30. The number of hydrogen-bond acceptors (Lipinski definition) is 7. The van der Waals surface area contributed by atoms with E-state index in [0.29, 0.717) is 11.3 Å². The SMILES string of the molecule is NCc1cnnn1CC(=O)N[C@H]1Cc2cccc(C(=O)O)c2OB1O. The topological polar surface area (TPSA) is 153 Å². The molecule has 11 heteroatoms. The zero-order valence-electron chi connectivity index (χ0n) is 13.1. The molecule has 1 amide bonds. The molecule has 0 aliphatic carbocycles. The summed E-state index contributed by atoms with van der Waals surface area (Å²) in [5, 5.41) is 29.4. The van der Waals surface area contributed by atoms with Crippen molar-refractivity contribution >= 4 is 19.0 Å². The maximum Gasteiger partial charge on any atom is 0.547 e. The Labute approximate surface area is 142 Å². The van der Waals surface area contributed by atoms with Crippen LogP contribution in [0.5, 0.6) is 5.75 Å². The number of rotatable bonds is 5. The standard InChI is InChI=1S/C14H16BN5O5/c16-5-9-6-17-19-20(9)7-12(21)18-11-4-8-2-1-3-10(14(22)23)13(8)25-15(11)24/h1-3,6,11,24H,4-5,7,16H2,(H,18,21)(H,22,23)/t11-/m0/s1. The summed E-state index contributed by atoms with van der Waals surface area (Å²) >= 11 is 0. The summed E-state index contributed by atoms with van der Waals surface area (Å²) in [7, 11) is -1.36. The molecule has 0 spiro atoms. The summed E-state index contributed by atoms with van der Waals surface area (Å²) in [6.45, 7) is 0.0958. The lowest BCUT2D eigenvalue weighted by atomic mass is 9.72. The summed E-state index contributed by atoms with van der Waals surface area (Å²) in [6.07, 6.45) is 1.71. The van der Waals surface area contributed by atoms with E-state index in [4.69, 9.17) is 10.4 Å². The van der Waals surface area contributed by atoms with Gasteiger partial charge in [-0.3, -0.25) is 4.79 Å². The van der Waals surface area contributed by atoms with Crippen LogP contribution in [0, 0.1) is 0 Å². The number of carboxylic acid groups (broad SMARTS) is 1. The summed E-state index contributed by atoms with van der Waals surface area (Å²) in [5.74, 6) is -2.14. The molecule has 2 aromatic rings. The van der Waals surface area contributed by atoms with E-state index in [1.807, 2.05) is 0 Å². The van der Waals surface area contributed by atoms with E-state index in [0.717, 1.165) is 0 Å². The Balaban J connectivity index is 1.71. The van der Waals surface area contributed by atoms with Gasteiger partial charge in [0.05, 0.1) is 23.4 Å². The third kappa shape index (κ3) is 3.46. The number of fused-ring (bicyclic) bond motifs is 1. The van der Waals surface area contributed by atoms with Gasteiger partial charge in [-0.05, 0) is 18.1 Å². The third-order valence-corrected chi connectivity index (χ3v) is 3.90. The first-order chi connectivity index (χ1) is 12.0. The number of nitrogens with zero attached hydrogens (tertiary/aromatic N) is 3. The van der Waals surface area contributed by atoms with Crippen LogP contribution in [0.15, 0.2) is 24.4 Å². The Bertz CT molecular complexity index is 811. The quantitative estimate of drug-likeness (QED) is 0.482. The molecule has 0 unspecified atom stereocenters. The zero-order chi connectivity index (χ0) is 18.0. The predicted molar refractivity (Wildman–Crippen MR) is 85.6 cm³/mol. The number of carboxylic acids is 1. The molecule has 1 aromatic heterocycles. The van der Waals surface area contributed by atoms with E-state index in [2.05, 4.69) is 15.6 Å². The average Bonchev–Trinajstić information content (AvgIpc) is 3.01. The molecule has 1 atom stereocenters. The maximum absolute atomic E-state index is 12.2. The number of carbonyl (C=O) groups is 2. The van der Waals surface area contributed by atoms with Crippen molar-refractivity contribution in [3.8, 4) is 5.75 Å². The number of aromatic carboxylic acids is 1. The van der Waals surface area contributed by atoms with Crippen LogP contribution in [-0.2, 0) is 24.3 Å². The molecule has 1 aliphatic rings. The van der Waals surface area contributed by atoms with E-state index >= 15 is 0 Å². The van der Waals surface area contributed by atoms with Crippen LogP contribution < -0.4 is 15.7 Å². The monoisotopic (exact) mass is 345 g/mol. The van der Waals surface area contributed by atoms with Crippen molar-refractivity contribution in [1.82, 2.24) is 20.3 Å². The van der Waals surface area contributed by atoms with E-state index in [-0.39, 0.29) is 30.8 Å². The van der Waals surface area contributed by atoms with Crippen LogP contribution in [-0.4, -0.2) is 50.1 Å². The molecule has 25 heavy (non-hydrogen) atoms. The van der Waals surface area contributed by atoms with E-state index in [1.54, 1.807) is 12.1 Å². The fraction of sp³-hybridized carbons (Fsp3) is 0.286. The van der Waals surface area contributed by atoms with Crippen molar-refractivity contribution in [2.75, 3.05) is 0 Å². The Morgan fingerprint density at radius 1 is 1.48 bits per heavy atom. The first-order valence-corrected chi connectivity index (χ1v) is 7.56. The molecule has 0 fully saturated rings. The molecule has 2 heterocycles. The number of carbonyl (C=O) groups excluding carboxylic acids is 1. The van der Waals surface area contributed by atoms with Crippen LogP contribution in [0.4, 0.5) is 0 Å². The van der Waals surface area contributed by atoms with Gasteiger partial charge in [-0.1, -0.05) is 17.3 Å². The van der Waals surface area contributed by atoms with Gasteiger partial charge in [-0.2, -0.15) is 0 Å². The molecule has 0 saturated heterocycles. The van der Waals surface area contributed by atoms with E-state index in [9.17, 15) is 19.7 Å². The number of amides is 1. The second-order valence-electron chi connectivity index (χ2n) is 5.57. The number of aromatic nitrogens is 3. The molecule has 3 rings (SSSR count). The fourth-order valence-corrected chi connectivity index (χ4v) is 2.67. The van der Waals surface area contributed by atoms with Crippen LogP contribution in [0.25, 0.3) is 0 Å². The first kappa shape index (κ1) is 16.9. The van der Waals surface area contributed by atoms with Crippen LogP contribution in [0.2, 0.25) is 0 Å². The molecule has 130 valence electrons. The van der Waals surface area contributed by atoms with Crippen molar-refractivity contribution in [2.45, 2.75) is 25.5 Å². The number of hydrogen-bond donors (Lipinski definition) is 4. The molecule has 5 N–H and O–H groups in total.